The molecule has 134 valence electrons. The van der Waals surface area contributed by atoms with Crippen molar-refractivity contribution < 1.29 is 4.74 Å². The van der Waals surface area contributed by atoms with Crippen LogP contribution in [-0.2, 0) is 11.2 Å². The molecule has 0 aromatic heterocycles. The van der Waals surface area contributed by atoms with Crippen LogP contribution in [0.25, 0.3) is 0 Å². The molecule has 0 spiro atoms. The third kappa shape index (κ3) is 5.82. The van der Waals surface area contributed by atoms with E-state index in [-0.39, 0.29) is 5.41 Å². The number of likely N-dealkylation sites (tertiary alicyclic amines) is 1. The number of hydrogen-bond acceptors (Lipinski definition) is 2. The highest BCUT2D eigenvalue weighted by atomic mass is 16.5. The van der Waals surface area contributed by atoms with Crippen LogP contribution < -0.4 is 5.32 Å². The van der Waals surface area contributed by atoms with Gasteiger partial charge in [0.25, 0.3) is 0 Å². The van der Waals surface area contributed by atoms with Gasteiger partial charge < -0.3 is 15.0 Å². The molecule has 0 radical (unpaired) electrons. The van der Waals surface area contributed by atoms with Crippen molar-refractivity contribution in [2.45, 2.75) is 33.6 Å². The number of benzene rings is 1. The maximum atomic E-state index is 5.57. The molecule has 1 atom stereocenters. The zero-order valence-corrected chi connectivity index (χ0v) is 15.7. The molecule has 0 amide bonds. The van der Waals surface area contributed by atoms with Crippen LogP contribution in [-0.4, -0.2) is 50.8 Å². The lowest BCUT2D eigenvalue weighted by Gasteiger charge is -2.29. The fraction of sp³-hybridized carbons (Fsp3) is 0.650. The van der Waals surface area contributed by atoms with Gasteiger partial charge in [0.1, 0.15) is 0 Å². The molecule has 1 aromatic carbocycles. The zero-order valence-electron chi connectivity index (χ0n) is 15.7. The molecule has 0 saturated carbocycles. The van der Waals surface area contributed by atoms with Gasteiger partial charge in [0.2, 0.25) is 0 Å². The predicted octanol–water partition coefficient (Wildman–Crippen LogP) is 3.19. The Kier molecular flexibility index (Phi) is 7.10. The second-order valence-corrected chi connectivity index (χ2v) is 7.49. The first-order valence-corrected chi connectivity index (χ1v) is 9.11. The van der Waals surface area contributed by atoms with Crippen molar-refractivity contribution in [1.29, 1.82) is 0 Å². The first-order chi connectivity index (χ1) is 11.5. The first kappa shape index (κ1) is 18.8. The van der Waals surface area contributed by atoms with Crippen molar-refractivity contribution in [3.8, 4) is 0 Å². The number of nitrogens with zero attached hydrogens (tertiary/aromatic N) is 2. The maximum absolute atomic E-state index is 5.57. The predicted molar refractivity (Wildman–Crippen MR) is 101 cm³/mol. The highest BCUT2D eigenvalue weighted by Gasteiger charge is 2.26. The van der Waals surface area contributed by atoms with E-state index >= 15 is 0 Å². The molecule has 1 N–H and O–H groups in total. The fourth-order valence-electron chi connectivity index (χ4n) is 3.31. The van der Waals surface area contributed by atoms with Gasteiger partial charge in [-0.05, 0) is 30.7 Å². The molecule has 24 heavy (non-hydrogen) atoms. The van der Waals surface area contributed by atoms with Crippen LogP contribution >= 0.6 is 0 Å². The molecule has 1 heterocycles. The standard InChI is InChI=1S/C20H33N3O/c1-5-24-15-18-11-12-23(14-18)19(21-4)22-16-20(2,3)13-17-9-7-6-8-10-17/h6-10,18H,5,11-16H2,1-4H3,(H,21,22). The summed E-state index contributed by atoms with van der Waals surface area (Å²) in [6.07, 6.45) is 2.25. The minimum atomic E-state index is 0.182. The molecule has 1 aliphatic heterocycles. The summed E-state index contributed by atoms with van der Waals surface area (Å²) >= 11 is 0. The van der Waals surface area contributed by atoms with E-state index in [0.29, 0.717) is 5.92 Å². The van der Waals surface area contributed by atoms with E-state index in [9.17, 15) is 0 Å². The monoisotopic (exact) mass is 331 g/mol. The number of hydrogen-bond donors (Lipinski definition) is 1. The highest BCUT2D eigenvalue weighted by molar-refractivity contribution is 5.80. The number of guanidine groups is 1. The van der Waals surface area contributed by atoms with Crippen molar-refractivity contribution in [1.82, 2.24) is 10.2 Å². The first-order valence-electron chi connectivity index (χ1n) is 9.11. The highest BCUT2D eigenvalue weighted by Crippen LogP contribution is 2.21. The van der Waals surface area contributed by atoms with E-state index in [4.69, 9.17) is 4.74 Å². The smallest absolute Gasteiger partial charge is 0.193 e. The number of nitrogens with one attached hydrogen (secondary N) is 1. The number of ether oxygens (including phenoxy) is 1. The summed E-state index contributed by atoms with van der Waals surface area (Å²) in [4.78, 5) is 6.85. The van der Waals surface area contributed by atoms with Crippen LogP contribution in [0.1, 0.15) is 32.8 Å². The van der Waals surface area contributed by atoms with Gasteiger partial charge in [0, 0.05) is 39.2 Å². The molecule has 1 fully saturated rings. The SMILES string of the molecule is CCOCC1CCN(C(=NC)NCC(C)(C)Cc2ccccc2)C1. The molecule has 1 aromatic rings. The quantitative estimate of drug-likeness (QED) is 0.616. The Morgan fingerprint density at radius 2 is 2.08 bits per heavy atom. The Hall–Kier alpha value is -1.55. The van der Waals surface area contributed by atoms with Gasteiger partial charge in [0.15, 0.2) is 5.96 Å². The average Bonchev–Trinajstić information content (AvgIpc) is 3.02. The third-order valence-electron chi connectivity index (χ3n) is 4.61. The Labute approximate surface area is 147 Å². The summed E-state index contributed by atoms with van der Waals surface area (Å²) in [5.74, 6) is 1.65. The lowest BCUT2D eigenvalue weighted by atomic mass is 9.86. The van der Waals surface area contributed by atoms with Crippen LogP contribution in [0.4, 0.5) is 0 Å². The van der Waals surface area contributed by atoms with Gasteiger partial charge in [-0.3, -0.25) is 4.99 Å². The number of rotatable bonds is 7. The van der Waals surface area contributed by atoms with Crippen LogP contribution in [0, 0.1) is 11.3 Å². The van der Waals surface area contributed by atoms with Gasteiger partial charge in [-0.25, -0.2) is 0 Å². The van der Waals surface area contributed by atoms with Gasteiger partial charge in [-0.15, -0.1) is 0 Å². The Morgan fingerprint density at radius 3 is 2.75 bits per heavy atom. The third-order valence-corrected chi connectivity index (χ3v) is 4.61. The molecule has 0 bridgehead atoms. The Bertz CT molecular complexity index is 513. The van der Waals surface area contributed by atoms with E-state index in [1.807, 2.05) is 7.05 Å². The molecule has 1 unspecified atom stereocenters. The Morgan fingerprint density at radius 1 is 1.33 bits per heavy atom. The molecule has 0 aliphatic carbocycles. The van der Waals surface area contributed by atoms with Gasteiger partial charge in [-0.1, -0.05) is 44.2 Å². The summed E-state index contributed by atoms with van der Waals surface area (Å²) < 4.78 is 5.57. The van der Waals surface area contributed by atoms with E-state index in [1.54, 1.807) is 0 Å². The maximum Gasteiger partial charge on any atom is 0.193 e. The summed E-state index contributed by atoms with van der Waals surface area (Å²) in [7, 11) is 1.88. The normalized spacial score (nSPS) is 18.9. The fourth-order valence-corrected chi connectivity index (χ4v) is 3.31. The van der Waals surface area contributed by atoms with Crippen molar-refractivity contribution >= 4 is 5.96 Å². The van der Waals surface area contributed by atoms with E-state index in [2.05, 4.69) is 66.3 Å². The van der Waals surface area contributed by atoms with Gasteiger partial charge >= 0.3 is 0 Å². The van der Waals surface area contributed by atoms with Crippen molar-refractivity contribution in [3.05, 3.63) is 35.9 Å². The minimum absolute atomic E-state index is 0.182. The summed E-state index contributed by atoms with van der Waals surface area (Å²) in [5.41, 5.74) is 1.57. The van der Waals surface area contributed by atoms with E-state index < -0.39 is 0 Å². The molecule has 2 rings (SSSR count). The lowest BCUT2D eigenvalue weighted by molar-refractivity contribution is 0.114. The minimum Gasteiger partial charge on any atom is -0.381 e. The van der Waals surface area contributed by atoms with Gasteiger partial charge in [-0.2, -0.15) is 0 Å². The zero-order chi connectivity index (χ0) is 17.4. The molecule has 1 saturated heterocycles. The van der Waals surface area contributed by atoms with Gasteiger partial charge in [0.05, 0.1) is 6.61 Å². The van der Waals surface area contributed by atoms with Crippen molar-refractivity contribution in [2.24, 2.45) is 16.3 Å². The van der Waals surface area contributed by atoms with Crippen LogP contribution in [0.15, 0.2) is 35.3 Å². The molecule has 4 nitrogen and oxygen atoms in total. The Balaban J connectivity index is 1.83. The van der Waals surface area contributed by atoms with Crippen LogP contribution in [0.2, 0.25) is 0 Å². The topological polar surface area (TPSA) is 36.9 Å². The summed E-state index contributed by atoms with van der Waals surface area (Å²) in [6, 6.07) is 10.7. The van der Waals surface area contributed by atoms with Crippen molar-refractivity contribution in [2.75, 3.05) is 39.9 Å². The van der Waals surface area contributed by atoms with E-state index in [0.717, 1.165) is 45.2 Å². The summed E-state index contributed by atoms with van der Waals surface area (Å²) in [5, 5.41) is 3.58. The largest absolute Gasteiger partial charge is 0.381 e. The number of aliphatic imine (C=N–C) groups is 1. The molecule has 4 heteroatoms. The molecular formula is C20H33N3O. The average molecular weight is 332 g/mol. The summed E-state index contributed by atoms with van der Waals surface area (Å²) in [6.45, 7) is 11.4. The van der Waals surface area contributed by atoms with Crippen molar-refractivity contribution in [3.63, 3.8) is 0 Å². The second-order valence-electron chi connectivity index (χ2n) is 7.49. The second kappa shape index (κ2) is 9.07. The molecular weight excluding hydrogens is 298 g/mol. The molecule has 1 aliphatic rings. The van der Waals surface area contributed by atoms with E-state index in [1.165, 1.54) is 12.0 Å². The van der Waals surface area contributed by atoms with Crippen LogP contribution in [0.3, 0.4) is 0 Å². The lowest BCUT2D eigenvalue weighted by Crippen LogP contribution is -2.44. The van der Waals surface area contributed by atoms with Crippen LogP contribution in [0.5, 0.6) is 0 Å².